The summed E-state index contributed by atoms with van der Waals surface area (Å²) in [5.74, 6) is -0.383. The summed E-state index contributed by atoms with van der Waals surface area (Å²) < 4.78 is 12.2. The maximum absolute atomic E-state index is 12.2. The number of fused-ring (bicyclic) bond motifs is 2. The molecule has 0 saturated carbocycles. The SMILES string of the molecule is Cc1cc(=O)n2nc(COC(=O)Cc3coc4c(C)c(C)ccc34)sc2n1. The fourth-order valence-electron chi connectivity index (χ4n) is 2.89. The standard InChI is InChI=1S/C19H17N3O4S/c1-10-4-5-14-13(8-26-18(14)12(10)3)7-17(24)25-9-15-21-22-16(23)6-11(2)20-19(22)27-15/h4-6,8H,7,9H2,1-3H3. The lowest BCUT2D eigenvalue weighted by molar-refractivity contribution is -0.144. The minimum Gasteiger partial charge on any atom is -0.464 e. The Morgan fingerprint density at radius 3 is 2.93 bits per heavy atom. The number of benzene rings is 1. The van der Waals surface area contributed by atoms with Gasteiger partial charge in [-0.25, -0.2) is 4.98 Å². The van der Waals surface area contributed by atoms with Crippen molar-refractivity contribution in [3.63, 3.8) is 0 Å². The molecular weight excluding hydrogens is 366 g/mol. The number of esters is 1. The molecule has 8 heteroatoms. The van der Waals surface area contributed by atoms with Crippen LogP contribution in [-0.2, 0) is 22.6 Å². The maximum atomic E-state index is 12.2. The van der Waals surface area contributed by atoms with E-state index in [1.165, 1.54) is 21.9 Å². The van der Waals surface area contributed by atoms with E-state index in [0.29, 0.717) is 15.7 Å². The molecule has 0 saturated heterocycles. The number of rotatable bonds is 4. The molecule has 0 spiro atoms. The molecule has 4 rings (SSSR count). The van der Waals surface area contributed by atoms with Gasteiger partial charge in [-0.15, -0.1) is 0 Å². The summed E-state index contributed by atoms with van der Waals surface area (Å²) in [5.41, 5.74) is 4.17. The number of aryl methyl sites for hydroxylation is 3. The van der Waals surface area contributed by atoms with E-state index in [1.807, 2.05) is 26.0 Å². The Balaban J connectivity index is 1.48. The van der Waals surface area contributed by atoms with E-state index < -0.39 is 0 Å². The zero-order valence-electron chi connectivity index (χ0n) is 15.1. The first-order valence-electron chi connectivity index (χ1n) is 8.40. The molecule has 4 aromatic rings. The fourth-order valence-corrected chi connectivity index (χ4v) is 3.75. The van der Waals surface area contributed by atoms with Gasteiger partial charge in [-0.2, -0.15) is 9.61 Å². The largest absolute Gasteiger partial charge is 0.464 e. The van der Waals surface area contributed by atoms with Gasteiger partial charge in [0.2, 0.25) is 4.96 Å². The summed E-state index contributed by atoms with van der Waals surface area (Å²) >= 11 is 1.23. The third kappa shape index (κ3) is 3.23. The lowest BCUT2D eigenvalue weighted by atomic mass is 10.0. The van der Waals surface area contributed by atoms with Gasteiger partial charge in [0.25, 0.3) is 5.56 Å². The van der Waals surface area contributed by atoms with Gasteiger partial charge in [0, 0.05) is 22.7 Å². The van der Waals surface area contributed by atoms with Crippen LogP contribution in [0.3, 0.4) is 0 Å². The van der Waals surface area contributed by atoms with Crippen LogP contribution in [0.1, 0.15) is 27.4 Å². The second-order valence-corrected chi connectivity index (χ2v) is 7.45. The highest BCUT2D eigenvalue weighted by Crippen LogP contribution is 2.27. The molecule has 0 aliphatic carbocycles. The van der Waals surface area contributed by atoms with Gasteiger partial charge >= 0.3 is 5.97 Å². The van der Waals surface area contributed by atoms with Gasteiger partial charge in [-0.3, -0.25) is 9.59 Å². The molecule has 0 fully saturated rings. The second-order valence-electron chi connectivity index (χ2n) is 6.41. The summed E-state index contributed by atoms with van der Waals surface area (Å²) in [4.78, 5) is 28.9. The zero-order chi connectivity index (χ0) is 19.1. The van der Waals surface area contributed by atoms with Crippen molar-refractivity contribution in [2.75, 3.05) is 0 Å². The van der Waals surface area contributed by atoms with Crippen molar-refractivity contribution in [2.24, 2.45) is 0 Å². The molecule has 0 radical (unpaired) electrons. The minimum atomic E-state index is -0.383. The molecule has 3 aromatic heterocycles. The molecule has 0 atom stereocenters. The third-order valence-electron chi connectivity index (χ3n) is 4.45. The molecule has 0 aliphatic heterocycles. The van der Waals surface area contributed by atoms with E-state index in [0.717, 1.165) is 27.7 Å². The van der Waals surface area contributed by atoms with E-state index in [2.05, 4.69) is 10.1 Å². The molecule has 138 valence electrons. The molecule has 0 unspecified atom stereocenters. The maximum Gasteiger partial charge on any atom is 0.310 e. The average Bonchev–Trinajstić information content (AvgIpc) is 3.21. The van der Waals surface area contributed by atoms with E-state index in [9.17, 15) is 9.59 Å². The molecule has 1 aromatic carbocycles. The van der Waals surface area contributed by atoms with Crippen molar-refractivity contribution in [3.05, 3.63) is 62.2 Å². The number of hydrogen-bond donors (Lipinski definition) is 0. The van der Waals surface area contributed by atoms with Crippen LogP contribution in [0.4, 0.5) is 0 Å². The highest BCUT2D eigenvalue weighted by Gasteiger charge is 2.15. The predicted octanol–water partition coefficient (Wildman–Crippen LogP) is 3.11. The van der Waals surface area contributed by atoms with Gasteiger partial charge in [0.05, 0.1) is 12.7 Å². The quantitative estimate of drug-likeness (QED) is 0.503. The number of nitrogens with zero attached hydrogens (tertiary/aromatic N) is 3. The van der Waals surface area contributed by atoms with Crippen molar-refractivity contribution >= 4 is 33.2 Å². The lowest BCUT2D eigenvalue weighted by Gasteiger charge is -2.02. The first kappa shape index (κ1) is 17.4. The Bertz CT molecular complexity index is 1240. The van der Waals surface area contributed by atoms with Crippen molar-refractivity contribution in [3.8, 4) is 0 Å². The number of hydrogen-bond acceptors (Lipinski definition) is 7. The van der Waals surface area contributed by atoms with E-state index in [1.54, 1.807) is 13.2 Å². The highest BCUT2D eigenvalue weighted by atomic mass is 32.1. The van der Waals surface area contributed by atoms with Gasteiger partial charge in [0.15, 0.2) is 5.01 Å². The highest BCUT2D eigenvalue weighted by molar-refractivity contribution is 7.16. The van der Waals surface area contributed by atoms with Crippen molar-refractivity contribution in [1.82, 2.24) is 14.6 Å². The van der Waals surface area contributed by atoms with Crippen LogP contribution in [-0.4, -0.2) is 20.6 Å². The molecule has 0 bridgehead atoms. The van der Waals surface area contributed by atoms with Crippen LogP contribution in [0, 0.1) is 20.8 Å². The summed E-state index contributed by atoms with van der Waals surface area (Å²) in [6.07, 6.45) is 1.71. The normalized spacial score (nSPS) is 11.4. The predicted molar refractivity (Wildman–Crippen MR) is 101 cm³/mol. The minimum absolute atomic E-state index is 0.000727. The van der Waals surface area contributed by atoms with Crippen LogP contribution in [0.25, 0.3) is 15.9 Å². The van der Waals surface area contributed by atoms with Crippen LogP contribution < -0.4 is 5.56 Å². The van der Waals surface area contributed by atoms with Crippen molar-refractivity contribution in [1.29, 1.82) is 0 Å². The van der Waals surface area contributed by atoms with Gasteiger partial charge < -0.3 is 9.15 Å². The fraction of sp³-hybridized carbons (Fsp3) is 0.263. The lowest BCUT2D eigenvalue weighted by Crippen LogP contribution is -2.14. The molecular formula is C19H17N3O4S. The van der Waals surface area contributed by atoms with E-state index in [-0.39, 0.29) is 24.6 Å². The van der Waals surface area contributed by atoms with Crippen molar-refractivity contribution in [2.45, 2.75) is 33.8 Å². The topological polar surface area (TPSA) is 86.7 Å². The average molecular weight is 383 g/mol. The Morgan fingerprint density at radius 2 is 2.11 bits per heavy atom. The smallest absolute Gasteiger partial charge is 0.310 e. The third-order valence-corrected chi connectivity index (χ3v) is 5.33. The molecule has 7 nitrogen and oxygen atoms in total. The second kappa shape index (κ2) is 6.62. The summed E-state index contributed by atoms with van der Waals surface area (Å²) in [6, 6.07) is 5.38. The molecule has 27 heavy (non-hydrogen) atoms. The van der Waals surface area contributed by atoms with Crippen LogP contribution in [0.5, 0.6) is 0 Å². The summed E-state index contributed by atoms with van der Waals surface area (Å²) in [7, 11) is 0. The zero-order valence-corrected chi connectivity index (χ0v) is 15.9. The Hall–Kier alpha value is -3.00. The number of ether oxygens (including phenoxy) is 1. The monoisotopic (exact) mass is 383 g/mol. The summed E-state index contributed by atoms with van der Waals surface area (Å²) in [6.45, 7) is 5.76. The van der Waals surface area contributed by atoms with Gasteiger partial charge in [-0.1, -0.05) is 23.5 Å². The van der Waals surface area contributed by atoms with Crippen LogP contribution >= 0.6 is 11.3 Å². The Labute approximate surface area is 158 Å². The van der Waals surface area contributed by atoms with Crippen molar-refractivity contribution < 1.29 is 13.9 Å². The van der Waals surface area contributed by atoms with Gasteiger partial charge in [-0.05, 0) is 31.9 Å². The van der Waals surface area contributed by atoms with E-state index in [4.69, 9.17) is 9.15 Å². The Kier molecular flexibility index (Phi) is 4.27. The molecule has 0 N–H and O–H groups in total. The van der Waals surface area contributed by atoms with Crippen LogP contribution in [0.2, 0.25) is 0 Å². The van der Waals surface area contributed by atoms with Crippen LogP contribution in [0.15, 0.2) is 33.7 Å². The first-order chi connectivity index (χ1) is 12.9. The molecule has 0 aliphatic rings. The molecule has 3 heterocycles. The number of furan rings is 1. The summed E-state index contributed by atoms with van der Waals surface area (Å²) in [5, 5.41) is 5.59. The molecule has 0 amide bonds. The van der Waals surface area contributed by atoms with E-state index >= 15 is 0 Å². The number of carbonyl (C=O) groups is 1. The number of aromatic nitrogens is 3. The number of carbonyl (C=O) groups excluding carboxylic acids is 1. The van der Waals surface area contributed by atoms with Gasteiger partial charge in [0.1, 0.15) is 12.2 Å². The Morgan fingerprint density at radius 1 is 1.30 bits per heavy atom. The first-order valence-corrected chi connectivity index (χ1v) is 9.22.